The summed E-state index contributed by atoms with van der Waals surface area (Å²) < 4.78 is 0. The van der Waals surface area contributed by atoms with E-state index in [1.807, 2.05) is 0 Å². The van der Waals surface area contributed by atoms with Crippen LogP contribution in [-0.4, -0.2) is 24.7 Å². The van der Waals surface area contributed by atoms with Gasteiger partial charge in [-0.15, -0.1) is 0 Å². The minimum atomic E-state index is -0.378. The standard InChI is InChI=1S/C7H17BN2O/c1-8(11)10-7-3-2-6(4-7)5-9/h6-7,10-11H,2-5,9H2,1H3/t6-,7-/m1/s1. The van der Waals surface area contributed by atoms with E-state index >= 15 is 0 Å². The summed E-state index contributed by atoms with van der Waals surface area (Å²) in [4.78, 5) is 0. The van der Waals surface area contributed by atoms with Crippen LogP contribution in [0.15, 0.2) is 0 Å². The van der Waals surface area contributed by atoms with E-state index in [1.165, 1.54) is 6.42 Å². The normalized spacial score (nSPS) is 30.8. The number of hydrogen-bond acceptors (Lipinski definition) is 3. The van der Waals surface area contributed by atoms with Crippen molar-refractivity contribution in [3.8, 4) is 0 Å². The average Bonchev–Trinajstić information content (AvgIpc) is 2.34. The highest BCUT2D eigenvalue weighted by atomic mass is 16.2. The van der Waals surface area contributed by atoms with Crippen LogP contribution in [0, 0.1) is 5.92 Å². The predicted octanol–water partition coefficient (Wildman–Crippen LogP) is -0.186. The van der Waals surface area contributed by atoms with Gasteiger partial charge < -0.3 is 16.0 Å². The van der Waals surface area contributed by atoms with Gasteiger partial charge in [-0.25, -0.2) is 0 Å². The Labute approximate surface area is 68.5 Å². The zero-order valence-corrected chi connectivity index (χ0v) is 7.09. The second-order valence-corrected chi connectivity index (χ2v) is 3.45. The first-order valence-electron chi connectivity index (χ1n) is 4.36. The molecule has 64 valence electrons. The molecule has 0 aromatic rings. The number of nitrogens with two attached hydrogens (primary N) is 1. The quantitative estimate of drug-likeness (QED) is 0.496. The first-order valence-corrected chi connectivity index (χ1v) is 4.36. The smallest absolute Gasteiger partial charge is 0.373 e. The van der Waals surface area contributed by atoms with Gasteiger partial charge in [0.1, 0.15) is 0 Å². The van der Waals surface area contributed by atoms with Crippen LogP contribution in [0.5, 0.6) is 0 Å². The Balaban J connectivity index is 2.19. The van der Waals surface area contributed by atoms with Gasteiger partial charge in [0.2, 0.25) is 0 Å². The lowest BCUT2D eigenvalue weighted by Gasteiger charge is -2.12. The van der Waals surface area contributed by atoms with Crippen molar-refractivity contribution >= 4 is 7.05 Å². The van der Waals surface area contributed by atoms with E-state index in [1.54, 1.807) is 6.82 Å². The van der Waals surface area contributed by atoms with E-state index < -0.39 is 0 Å². The third kappa shape index (κ3) is 2.81. The molecule has 0 aromatic carbocycles. The molecule has 1 saturated carbocycles. The van der Waals surface area contributed by atoms with E-state index in [0.29, 0.717) is 12.0 Å². The highest BCUT2D eigenvalue weighted by molar-refractivity contribution is 6.45. The Hall–Kier alpha value is -0.0551. The molecule has 0 radical (unpaired) electrons. The molecule has 3 nitrogen and oxygen atoms in total. The van der Waals surface area contributed by atoms with E-state index in [4.69, 9.17) is 10.8 Å². The Morgan fingerprint density at radius 1 is 1.64 bits per heavy atom. The van der Waals surface area contributed by atoms with Crippen molar-refractivity contribution in [2.45, 2.75) is 32.1 Å². The van der Waals surface area contributed by atoms with Crippen LogP contribution in [0.4, 0.5) is 0 Å². The Morgan fingerprint density at radius 2 is 2.36 bits per heavy atom. The van der Waals surface area contributed by atoms with E-state index in [0.717, 1.165) is 19.4 Å². The summed E-state index contributed by atoms with van der Waals surface area (Å²) in [7, 11) is -0.378. The van der Waals surface area contributed by atoms with E-state index in [9.17, 15) is 0 Å². The summed E-state index contributed by atoms with van der Waals surface area (Å²) >= 11 is 0. The summed E-state index contributed by atoms with van der Waals surface area (Å²) in [5.74, 6) is 0.672. The van der Waals surface area contributed by atoms with Crippen LogP contribution in [0.1, 0.15) is 19.3 Å². The third-order valence-corrected chi connectivity index (χ3v) is 2.35. The van der Waals surface area contributed by atoms with Crippen LogP contribution in [0.3, 0.4) is 0 Å². The second kappa shape index (κ2) is 4.09. The van der Waals surface area contributed by atoms with Crippen molar-refractivity contribution in [3.05, 3.63) is 0 Å². The number of rotatable bonds is 3. The van der Waals surface area contributed by atoms with Gasteiger partial charge in [0, 0.05) is 0 Å². The molecular weight excluding hydrogens is 139 g/mol. The molecule has 0 spiro atoms. The summed E-state index contributed by atoms with van der Waals surface area (Å²) in [6.45, 7) is 2.55. The van der Waals surface area contributed by atoms with E-state index in [2.05, 4.69) is 5.23 Å². The summed E-state index contributed by atoms with van der Waals surface area (Å²) in [6, 6.07) is 0.489. The SMILES string of the molecule is CB(O)N[C@@H]1CC[C@@H](CN)C1. The summed E-state index contributed by atoms with van der Waals surface area (Å²) in [5.41, 5.74) is 5.54. The monoisotopic (exact) mass is 156 g/mol. The van der Waals surface area contributed by atoms with Gasteiger partial charge in [-0.3, -0.25) is 0 Å². The Bertz CT molecular complexity index is 121. The van der Waals surface area contributed by atoms with Crippen molar-refractivity contribution in [1.29, 1.82) is 0 Å². The fourth-order valence-corrected chi connectivity index (χ4v) is 1.78. The molecule has 0 saturated heterocycles. The van der Waals surface area contributed by atoms with Crippen molar-refractivity contribution in [2.75, 3.05) is 6.54 Å². The van der Waals surface area contributed by atoms with Gasteiger partial charge in [0.15, 0.2) is 0 Å². The van der Waals surface area contributed by atoms with Crippen LogP contribution < -0.4 is 11.0 Å². The first kappa shape index (κ1) is 9.04. The highest BCUT2D eigenvalue weighted by Crippen LogP contribution is 2.24. The van der Waals surface area contributed by atoms with Crippen molar-refractivity contribution in [1.82, 2.24) is 5.23 Å². The minimum absolute atomic E-state index is 0.378. The number of hydrogen-bond donors (Lipinski definition) is 3. The Morgan fingerprint density at radius 3 is 2.82 bits per heavy atom. The average molecular weight is 156 g/mol. The molecule has 0 bridgehead atoms. The lowest BCUT2D eigenvalue weighted by atomic mass is 9.87. The molecule has 0 amide bonds. The maximum Gasteiger partial charge on any atom is 0.373 e. The van der Waals surface area contributed by atoms with Gasteiger partial charge in [0.25, 0.3) is 0 Å². The molecule has 0 unspecified atom stereocenters. The van der Waals surface area contributed by atoms with Crippen LogP contribution >= 0.6 is 0 Å². The highest BCUT2D eigenvalue weighted by Gasteiger charge is 2.24. The molecule has 1 rings (SSSR count). The van der Waals surface area contributed by atoms with Crippen molar-refractivity contribution < 1.29 is 5.02 Å². The van der Waals surface area contributed by atoms with Crippen molar-refractivity contribution in [2.24, 2.45) is 11.7 Å². The van der Waals surface area contributed by atoms with Gasteiger partial charge in [-0.2, -0.15) is 0 Å². The van der Waals surface area contributed by atoms with Crippen molar-refractivity contribution in [3.63, 3.8) is 0 Å². The summed E-state index contributed by atoms with van der Waals surface area (Å²) in [5, 5.41) is 12.1. The zero-order valence-electron chi connectivity index (χ0n) is 7.09. The van der Waals surface area contributed by atoms with Gasteiger partial charge in [-0.05, 0) is 44.6 Å². The molecule has 2 atom stereocenters. The van der Waals surface area contributed by atoms with Gasteiger partial charge in [-0.1, -0.05) is 0 Å². The largest absolute Gasteiger partial charge is 0.437 e. The minimum Gasteiger partial charge on any atom is -0.437 e. The zero-order chi connectivity index (χ0) is 8.27. The molecule has 1 fully saturated rings. The molecule has 0 aliphatic heterocycles. The maximum absolute atomic E-state index is 9.03. The third-order valence-electron chi connectivity index (χ3n) is 2.35. The van der Waals surface area contributed by atoms with Gasteiger partial charge >= 0.3 is 7.05 Å². The molecule has 0 heterocycles. The fraction of sp³-hybridized carbons (Fsp3) is 1.00. The first-order chi connectivity index (χ1) is 5.22. The fourth-order valence-electron chi connectivity index (χ4n) is 1.78. The molecule has 11 heavy (non-hydrogen) atoms. The molecule has 4 heteroatoms. The maximum atomic E-state index is 9.03. The lowest BCUT2D eigenvalue weighted by Crippen LogP contribution is -2.38. The molecular formula is C7H17BN2O. The second-order valence-electron chi connectivity index (χ2n) is 3.45. The predicted molar refractivity (Wildman–Crippen MR) is 47.2 cm³/mol. The topological polar surface area (TPSA) is 58.3 Å². The molecule has 4 N–H and O–H groups in total. The van der Waals surface area contributed by atoms with E-state index in [-0.39, 0.29) is 7.05 Å². The van der Waals surface area contributed by atoms with Crippen LogP contribution in [0.25, 0.3) is 0 Å². The lowest BCUT2D eigenvalue weighted by molar-refractivity contribution is 0.500. The molecule has 0 aromatic heterocycles. The molecule has 1 aliphatic rings. The Kier molecular flexibility index (Phi) is 3.36. The van der Waals surface area contributed by atoms with Crippen LogP contribution in [0.2, 0.25) is 6.82 Å². The number of nitrogens with one attached hydrogen (secondary N) is 1. The summed E-state index contributed by atoms with van der Waals surface area (Å²) in [6.07, 6.45) is 3.50. The van der Waals surface area contributed by atoms with Gasteiger partial charge in [0.05, 0.1) is 0 Å². The van der Waals surface area contributed by atoms with Crippen LogP contribution in [-0.2, 0) is 0 Å². The molecule has 1 aliphatic carbocycles.